The fraction of sp³-hybridized carbons (Fsp3) is 0.455. The third-order valence-electron chi connectivity index (χ3n) is 5.91. The Kier molecular flexibility index (Phi) is 6.43. The highest BCUT2D eigenvalue weighted by Gasteiger charge is 2.24. The van der Waals surface area contributed by atoms with Gasteiger partial charge in [0.25, 0.3) is 5.56 Å². The molecule has 0 bridgehead atoms. The Bertz CT molecular complexity index is 1090. The number of fused-ring (bicyclic) bond motifs is 1. The van der Waals surface area contributed by atoms with Crippen LogP contribution < -0.4 is 10.3 Å². The van der Waals surface area contributed by atoms with Crippen LogP contribution in [0.2, 0.25) is 5.02 Å². The number of aryl methyl sites for hydroxylation is 2. The van der Waals surface area contributed by atoms with Crippen molar-refractivity contribution in [2.45, 2.75) is 26.8 Å². The Morgan fingerprint density at radius 1 is 1.23 bits per heavy atom. The van der Waals surface area contributed by atoms with Crippen LogP contribution in [-0.4, -0.2) is 59.1 Å². The molecular weight excluding hydrogens is 420 g/mol. The van der Waals surface area contributed by atoms with Crippen molar-refractivity contribution in [3.05, 3.63) is 55.9 Å². The van der Waals surface area contributed by atoms with Crippen LogP contribution in [0.25, 0.3) is 10.2 Å². The third kappa shape index (κ3) is 4.39. The minimum Gasteiger partial charge on any atom is -0.491 e. The summed E-state index contributed by atoms with van der Waals surface area (Å²) in [5.41, 5.74) is 1.01. The number of para-hydroxylation sites is 1. The molecule has 8 heteroatoms. The minimum absolute atomic E-state index is 0.0287. The zero-order valence-electron chi connectivity index (χ0n) is 17.6. The lowest BCUT2D eigenvalue weighted by Gasteiger charge is -2.37. The molecule has 1 aliphatic rings. The van der Waals surface area contributed by atoms with Crippen LogP contribution in [0.5, 0.6) is 5.75 Å². The molecule has 6 nitrogen and oxygen atoms in total. The Morgan fingerprint density at radius 3 is 2.70 bits per heavy atom. The number of thiophene rings is 1. The Morgan fingerprint density at radius 2 is 1.97 bits per heavy atom. The summed E-state index contributed by atoms with van der Waals surface area (Å²) in [6.07, 6.45) is 0. The molecule has 1 unspecified atom stereocenters. The van der Waals surface area contributed by atoms with Crippen molar-refractivity contribution in [2.24, 2.45) is 0 Å². The maximum Gasteiger partial charge on any atom is 0.259 e. The van der Waals surface area contributed by atoms with Crippen molar-refractivity contribution in [2.75, 3.05) is 39.3 Å². The molecule has 1 saturated heterocycles. The van der Waals surface area contributed by atoms with Crippen LogP contribution in [-0.2, 0) is 0 Å². The molecule has 1 N–H and O–H groups in total. The van der Waals surface area contributed by atoms with E-state index in [0.717, 1.165) is 65.0 Å². The summed E-state index contributed by atoms with van der Waals surface area (Å²) in [4.78, 5) is 27.2. The first-order valence-corrected chi connectivity index (χ1v) is 11.5. The van der Waals surface area contributed by atoms with E-state index < -0.39 is 0 Å². The number of nitrogens with zero attached hydrogens (tertiary/aromatic N) is 3. The van der Waals surface area contributed by atoms with E-state index in [-0.39, 0.29) is 11.6 Å². The molecule has 1 atom stereocenters. The largest absolute Gasteiger partial charge is 0.491 e. The van der Waals surface area contributed by atoms with E-state index in [1.54, 1.807) is 11.3 Å². The summed E-state index contributed by atoms with van der Waals surface area (Å²) in [5, 5.41) is 1.38. The summed E-state index contributed by atoms with van der Waals surface area (Å²) in [6.45, 7) is 11.4. The lowest BCUT2D eigenvalue weighted by Crippen LogP contribution is -2.48. The quantitative estimate of drug-likeness (QED) is 0.619. The molecule has 4 rings (SSSR count). The summed E-state index contributed by atoms with van der Waals surface area (Å²) >= 11 is 7.74. The summed E-state index contributed by atoms with van der Waals surface area (Å²) in [5.74, 6) is 1.49. The number of aromatic amines is 1. The second-order valence-corrected chi connectivity index (χ2v) is 9.36. The highest BCUT2D eigenvalue weighted by atomic mass is 35.5. The number of H-pyrrole nitrogens is 1. The summed E-state index contributed by atoms with van der Waals surface area (Å²) in [6, 6.07) is 7.63. The van der Waals surface area contributed by atoms with E-state index in [2.05, 4.69) is 21.7 Å². The van der Waals surface area contributed by atoms with Gasteiger partial charge in [0.05, 0.1) is 16.5 Å². The maximum absolute atomic E-state index is 12.6. The van der Waals surface area contributed by atoms with Gasteiger partial charge in [-0.05, 0) is 38.5 Å². The molecule has 0 radical (unpaired) electrons. The fourth-order valence-corrected chi connectivity index (χ4v) is 5.09. The second-order valence-electron chi connectivity index (χ2n) is 7.75. The molecule has 1 aliphatic heterocycles. The molecule has 0 saturated carbocycles. The molecule has 0 amide bonds. The van der Waals surface area contributed by atoms with E-state index in [9.17, 15) is 4.79 Å². The van der Waals surface area contributed by atoms with Gasteiger partial charge in [-0.3, -0.25) is 14.6 Å². The van der Waals surface area contributed by atoms with Crippen molar-refractivity contribution in [3.63, 3.8) is 0 Å². The van der Waals surface area contributed by atoms with Crippen molar-refractivity contribution in [3.8, 4) is 5.75 Å². The van der Waals surface area contributed by atoms with Crippen molar-refractivity contribution in [1.29, 1.82) is 0 Å². The zero-order chi connectivity index (χ0) is 21.3. The van der Waals surface area contributed by atoms with E-state index in [4.69, 9.17) is 21.3 Å². The van der Waals surface area contributed by atoms with Crippen LogP contribution >= 0.6 is 22.9 Å². The van der Waals surface area contributed by atoms with Gasteiger partial charge in [-0.1, -0.05) is 23.7 Å². The van der Waals surface area contributed by atoms with Gasteiger partial charge in [0.2, 0.25) is 0 Å². The van der Waals surface area contributed by atoms with E-state index in [1.807, 2.05) is 38.1 Å². The normalized spacial score (nSPS) is 16.8. The van der Waals surface area contributed by atoms with E-state index >= 15 is 0 Å². The van der Waals surface area contributed by atoms with Crippen LogP contribution in [0, 0.1) is 13.8 Å². The standard InChI is InChI=1S/C22H27ClN4O2S/c1-14-16(3)30-22-19(14)21(28)24-20(25-22)15(2)27-10-8-26(9-11-27)12-13-29-18-7-5-4-6-17(18)23/h4-7,15H,8-13H2,1-3H3,(H,24,25,28). The Labute approximate surface area is 185 Å². The number of ether oxygens (including phenoxy) is 1. The smallest absolute Gasteiger partial charge is 0.259 e. The zero-order valence-corrected chi connectivity index (χ0v) is 19.1. The number of piperazine rings is 1. The lowest BCUT2D eigenvalue weighted by atomic mass is 10.2. The van der Waals surface area contributed by atoms with Gasteiger partial charge in [0.15, 0.2) is 0 Å². The molecule has 1 aromatic carbocycles. The lowest BCUT2D eigenvalue weighted by molar-refractivity contribution is 0.0891. The fourth-order valence-electron chi connectivity index (χ4n) is 3.86. The van der Waals surface area contributed by atoms with Gasteiger partial charge in [-0.2, -0.15) is 0 Å². The first-order chi connectivity index (χ1) is 14.4. The summed E-state index contributed by atoms with van der Waals surface area (Å²) in [7, 11) is 0. The molecule has 0 spiro atoms. The second kappa shape index (κ2) is 9.06. The highest BCUT2D eigenvalue weighted by molar-refractivity contribution is 7.18. The minimum atomic E-state index is -0.0287. The van der Waals surface area contributed by atoms with Gasteiger partial charge in [0.1, 0.15) is 23.0 Å². The van der Waals surface area contributed by atoms with Crippen molar-refractivity contribution >= 4 is 33.2 Å². The number of rotatable bonds is 6. The molecule has 3 aromatic rings. The molecule has 1 fully saturated rings. The molecule has 30 heavy (non-hydrogen) atoms. The molecule has 0 aliphatic carbocycles. The average molecular weight is 447 g/mol. The first-order valence-electron chi connectivity index (χ1n) is 10.3. The monoisotopic (exact) mass is 446 g/mol. The average Bonchev–Trinajstić information content (AvgIpc) is 3.03. The van der Waals surface area contributed by atoms with Gasteiger partial charge in [-0.15, -0.1) is 11.3 Å². The molecular formula is C22H27ClN4O2S. The van der Waals surface area contributed by atoms with Gasteiger partial charge < -0.3 is 9.72 Å². The van der Waals surface area contributed by atoms with Gasteiger partial charge in [0, 0.05) is 37.6 Å². The highest BCUT2D eigenvalue weighted by Crippen LogP contribution is 2.28. The number of hydrogen-bond donors (Lipinski definition) is 1. The molecule has 160 valence electrons. The third-order valence-corrected chi connectivity index (χ3v) is 7.32. The topological polar surface area (TPSA) is 61.5 Å². The van der Waals surface area contributed by atoms with Crippen LogP contribution in [0.4, 0.5) is 0 Å². The molecule has 3 heterocycles. The summed E-state index contributed by atoms with van der Waals surface area (Å²) < 4.78 is 5.81. The predicted octanol–water partition coefficient (Wildman–Crippen LogP) is 4.01. The van der Waals surface area contributed by atoms with Crippen molar-refractivity contribution < 1.29 is 4.74 Å². The van der Waals surface area contributed by atoms with Crippen LogP contribution in [0.1, 0.15) is 29.2 Å². The number of benzene rings is 1. The Balaban J connectivity index is 1.33. The van der Waals surface area contributed by atoms with Gasteiger partial charge in [-0.25, -0.2) is 4.98 Å². The Hall–Kier alpha value is -1.93. The first kappa shape index (κ1) is 21.3. The number of nitrogens with one attached hydrogen (secondary N) is 1. The van der Waals surface area contributed by atoms with Gasteiger partial charge >= 0.3 is 0 Å². The predicted molar refractivity (Wildman–Crippen MR) is 123 cm³/mol. The number of aromatic nitrogens is 2. The van der Waals surface area contributed by atoms with E-state index in [0.29, 0.717) is 11.6 Å². The van der Waals surface area contributed by atoms with Crippen molar-refractivity contribution in [1.82, 2.24) is 19.8 Å². The SMILES string of the molecule is Cc1sc2nc(C(C)N3CCN(CCOc4ccccc4Cl)CC3)[nH]c(=O)c2c1C. The van der Waals surface area contributed by atoms with Crippen LogP contribution in [0.3, 0.4) is 0 Å². The number of halogens is 1. The number of hydrogen-bond acceptors (Lipinski definition) is 6. The maximum atomic E-state index is 12.6. The van der Waals surface area contributed by atoms with E-state index in [1.165, 1.54) is 0 Å². The van der Waals surface area contributed by atoms with Crippen LogP contribution in [0.15, 0.2) is 29.1 Å². The molecule has 2 aromatic heterocycles.